The second-order valence-corrected chi connectivity index (χ2v) is 9.15. The summed E-state index contributed by atoms with van der Waals surface area (Å²) in [6, 6.07) is 12.0. The van der Waals surface area contributed by atoms with E-state index in [1.54, 1.807) is 38.1 Å². The number of ketones is 1. The molecule has 1 fully saturated rings. The number of ether oxygens (including phenoxy) is 1. The Morgan fingerprint density at radius 3 is 2.46 bits per heavy atom. The third-order valence-electron chi connectivity index (χ3n) is 6.40. The lowest BCUT2D eigenvalue weighted by atomic mass is 9.80. The number of para-hydroxylation sites is 1. The van der Waals surface area contributed by atoms with Gasteiger partial charge < -0.3 is 15.4 Å². The Labute approximate surface area is 212 Å². The van der Waals surface area contributed by atoms with Crippen LogP contribution in [0.4, 0.5) is 24.5 Å². The summed E-state index contributed by atoms with van der Waals surface area (Å²) >= 11 is 0. The lowest BCUT2D eigenvalue weighted by Gasteiger charge is -2.25. The number of halogens is 3. The van der Waals surface area contributed by atoms with Gasteiger partial charge in [0.05, 0.1) is 34.5 Å². The zero-order valence-corrected chi connectivity index (χ0v) is 20.5. The summed E-state index contributed by atoms with van der Waals surface area (Å²) in [5.41, 5.74) is 0.408. The van der Waals surface area contributed by atoms with Crippen molar-refractivity contribution >= 4 is 23.1 Å². The fourth-order valence-electron chi connectivity index (χ4n) is 4.34. The first-order valence-corrected chi connectivity index (χ1v) is 11.8. The quantitative estimate of drug-likeness (QED) is 0.406. The molecule has 0 bridgehead atoms. The van der Waals surface area contributed by atoms with Crippen molar-refractivity contribution in [2.24, 2.45) is 5.41 Å². The maximum atomic E-state index is 13.2. The number of Topliss-reactive ketones (excluding diaryl/α,β-unsaturated/α-hetero) is 1. The molecule has 1 amide bonds. The molecule has 0 aliphatic carbocycles. The van der Waals surface area contributed by atoms with Gasteiger partial charge in [-0.3, -0.25) is 9.59 Å². The van der Waals surface area contributed by atoms with Gasteiger partial charge in [-0.25, -0.2) is 9.97 Å². The molecule has 0 saturated carbocycles. The highest BCUT2D eigenvalue weighted by molar-refractivity contribution is 6.00. The van der Waals surface area contributed by atoms with Crippen LogP contribution in [0.5, 0.6) is 0 Å². The number of benzene rings is 2. The first-order valence-electron chi connectivity index (χ1n) is 11.8. The molecule has 0 unspecified atom stereocenters. The second-order valence-electron chi connectivity index (χ2n) is 9.15. The van der Waals surface area contributed by atoms with Crippen LogP contribution >= 0.6 is 0 Å². The molecule has 3 aromatic rings. The summed E-state index contributed by atoms with van der Waals surface area (Å²) in [5.74, 6) is 0.0644. The summed E-state index contributed by atoms with van der Waals surface area (Å²) in [6.45, 7) is 4.19. The average Bonchev–Trinajstić information content (AvgIpc) is 3.32. The number of aromatic nitrogens is 2. The lowest BCUT2D eigenvalue weighted by Crippen LogP contribution is -2.42. The molecule has 1 atom stereocenters. The van der Waals surface area contributed by atoms with Gasteiger partial charge in [0.2, 0.25) is 5.91 Å². The van der Waals surface area contributed by atoms with E-state index in [-0.39, 0.29) is 37.0 Å². The monoisotopic (exact) mass is 512 g/mol. The largest absolute Gasteiger partial charge is 0.418 e. The van der Waals surface area contributed by atoms with Crippen molar-refractivity contribution in [3.63, 3.8) is 0 Å². The summed E-state index contributed by atoms with van der Waals surface area (Å²) in [6.07, 6.45) is -2.59. The van der Waals surface area contributed by atoms with Crippen molar-refractivity contribution in [3.05, 3.63) is 82.9 Å². The second kappa shape index (κ2) is 10.7. The van der Waals surface area contributed by atoms with Crippen LogP contribution in [0.25, 0.3) is 0 Å². The molecule has 37 heavy (non-hydrogen) atoms. The molecular weight excluding hydrogens is 485 g/mol. The van der Waals surface area contributed by atoms with Crippen molar-refractivity contribution in [3.8, 4) is 0 Å². The number of amides is 1. The van der Waals surface area contributed by atoms with E-state index >= 15 is 0 Å². The highest BCUT2D eigenvalue weighted by Crippen LogP contribution is 2.36. The highest BCUT2D eigenvalue weighted by atomic mass is 19.4. The third kappa shape index (κ3) is 6.14. The minimum absolute atomic E-state index is 0.0203. The first-order chi connectivity index (χ1) is 17.6. The number of carbonyl (C=O) groups is 2. The number of aryl methyl sites for hydroxylation is 2. The predicted molar refractivity (Wildman–Crippen MR) is 131 cm³/mol. The molecule has 7 nitrogen and oxygen atoms in total. The average molecular weight is 513 g/mol. The SMILES string of the molecule is Cc1ncc(C(=O)C[C@@]2(C(=O)NCc3ccc(Nc4ccccc4C(F)(F)F)cc3)CCOC2)c(C)n1. The number of anilines is 2. The Hall–Kier alpha value is -3.79. The van der Waals surface area contributed by atoms with Crippen LogP contribution < -0.4 is 10.6 Å². The number of hydrogen-bond donors (Lipinski definition) is 2. The van der Waals surface area contributed by atoms with Gasteiger partial charge in [-0.15, -0.1) is 0 Å². The normalized spacial score (nSPS) is 17.4. The molecule has 10 heteroatoms. The van der Waals surface area contributed by atoms with Gasteiger partial charge in [0, 0.05) is 31.5 Å². The van der Waals surface area contributed by atoms with E-state index in [9.17, 15) is 22.8 Å². The Morgan fingerprint density at radius 2 is 1.81 bits per heavy atom. The van der Waals surface area contributed by atoms with Gasteiger partial charge in [-0.1, -0.05) is 24.3 Å². The molecule has 1 aliphatic heterocycles. The van der Waals surface area contributed by atoms with Crippen molar-refractivity contribution < 1.29 is 27.5 Å². The van der Waals surface area contributed by atoms with Crippen LogP contribution in [0.2, 0.25) is 0 Å². The molecule has 0 spiro atoms. The van der Waals surface area contributed by atoms with Crippen LogP contribution in [0.1, 0.15) is 45.8 Å². The van der Waals surface area contributed by atoms with Crippen LogP contribution in [-0.2, 0) is 22.3 Å². The first kappa shape index (κ1) is 26.3. The smallest absolute Gasteiger partial charge is 0.380 e. The van der Waals surface area contributed by atoms with Gasteiger partial charge in [-0.2, -0.15) is 13.2 Å². The fraction of sp³-hybridized carbons (Fsp3) is 0.333. The topological polar surface area (TPSA) is 93.2 Å². The van der Waals surface area contributed by atoms with Crippen molar-refractivity contribution in [1.82, 2.24) is 15.3 Å². The van der Waals surface area contributed by atoms with E-state index in [0.717, 1.165) is 11.6 Å². The summed E-state index contributed by atoms with van der Waals surface area (Å²) in [5, 5.41) is 5.68. The molecule has 2 aromatic carbocycles. The molecule has 194 valence electrons. The Balaban J connectivity index is 1.40. The number of alkyl halides is 3. The highest BCUT2D eigenvalue weighted by Gasteiger charge is 2.44. The van der Waals surface area contributed by atoms with Gasteiger partial charge >= 0.3 is 6.18 Å². The molecule has 1 aliphatic rings. The summed E-state index contributed by atoms with van der Waals surface area (Å²) < 4.78 is 45.2. The van der Waals surface area contributed by atoms with Crippen LogP contribution in [0.15, 0.2) is 54.7 Å². The predicted octanol–water partition coefficient (Wildman–Crippen LogP) is 5.15. The number of rotatable bonds is 8. The van der Waals surface area contributed by atoms with Crippen molar-refractivity contribution in [1.29, 1.82) is 0 Å². The summed E-state index contributed by atoms with van der Waals surface area (Å²) in [4.78, 5) is 34.5. The standard InChI is InChI=1S/C27H27F3N4O3/c1-17-21(15-31-18(2)33-17)24(35)13-26(11-12-37-16-26)25(36)32-14-19-7-9-20(10-8-19)34-23-6-4-3-5-22(23)27(28,29)30/h3-10,15,34H,11-14,16H2,1-2H3,(H,32,36)/t26-/m0/s1. The fourth-order valence-corrected chi connectivity index (χ4v) is 4.34. The molecular formula is C27H27F3N4O3. The van der Waals surface area contributed by atoms with E-state index in [2.05, 4.69) is 20.6 Å². The molecule has 4 rings (SSSR count). The zero-order chi connectivity index (χ0) is 26.6. The molecule has 0 radical (unpaired) electrons. The van der Waals surface area contributed by atoms with Gasteiger partial charge in [0.25, 0.3) is 0 Å². The van der Waals surface area contributed by atoms with E-state index in [0.29, 0.717) is 35.8 Å². The minimum Gasteiger partial charge on any atom is -0.380 e. The molecule has 2 heterocycles. The van der Waals surface area contributed by atoms with E-state index in [1.807, 2.05) is 0 Å². The number of nitrogens with one attached hydrogen (secondary N) is 2. The van der Waals surface area contributed by atoms with Gasteiger partial charge in [0.1, 0.15) is 5.82 Å². The van der Waals surface area contributed by atoms with Crippen LogP contribution in [-0.4, -0.2) is 34.9 Å². The lowest BCUT2D eigenvalue weighted by molar-refractivity contribution is -0.137. The Bertz CT molecular complexity index is 1290. The molecule has 1 aromatic heterocycles. The molecule has 2 N–H and O–H groups in total. The van der Waals surface area contributed by atoms with Crippen LogP contribution in [0, 0.1) is 19.3 Å². The third-order valence-corrected chi connectivity index (χ3v) is 6.40. The van der Waals surface area contributed by atoms with Crippen molar-refractivity contribution in [2.45, 2.75) is 39.4 Å². The van der Waals surface area contributed by atoms with Gasteiger partial charge in [-0.05, 0) is 50.1 Å². The Kier molecular flexibility index (Phi) is 7.58. The number of nitrogens with zero attached hydrogens (tertiary/aromatic N) is 2. The maximum Gasteiger partial charge on any atom is 0.418 e. The van der Waals surface area contributed by atoms with Gasteiger partial charge in [0.15, 0.2) is 5.78 Å². The Morgan fingerprint density at radius 1 is 1.08 bits per heavy atom. The van der Waals surface area contributed by atoms with Crippen molar-refractivity contribution in [2.75, 3.05) is 18.5 Å². The van der Waals surface area contributed by atoms with E-state index < -0.39 is 17.2 Å². The maximum absolute atomic E-state index is 13.2. The number of hydrogen-bond acceptors (Lipinski definition) is 6. The zero-order valence-electron chi connectivity index (χ0n) is 20.5. The van der Waals surface area contributed by atoms with E-state index in [1.165, 1.54) is 24.4 Å². The minimum atomic E-state index is -4.47. The molecule has 1 saturated heterocycles. The van der Waals surface area contributed by atoms with Crippen LogP contribution in [0.3, 0.4) is 0 Å². The number of carbonyl (C=O) groups excluding carboxylic acids is 2. The summed E-state index contributed by atoms with van der Waals surface area (Å²) in [7, 11) is 0. The van der Waals surface area contributed by atoms with E-state index in [4.69, 9.17) is 4.74 Å².